The Bertz CT molecular complexity index is 996. The molecule has 1 aromatic heterocycles. The minimum Gasteiger partial charge on any atom is -0.465 e. The minimum absolute atomic E-state index is 0.472. The molecule has 27 heavy (non-hydrogen) atoms. The minimum atomic E-state index is -1.39. The van der Waals surface area contributed by atoms with Gasteiger partial charge in [-0.05, 0) is 49.7 Å². The normalized spacial score (nSPS) is 13.1. The van der Waals surface area contributed by atoms with Crippen LogP contribution in [0.25, 0.3) is 16.6 Å². The lowest BCUT2D eigenvalue weighted by Gasteiger charge is -2.19. The van der Waals surface area contributed by atoms with Crippen LogP contribution in [0.3, 0.4) is 0 Å². The number of fused-ring (bicyclic) bond motifs is 1. The fourth-order valence-corrected chi connectivity index (χ4v) is 2.82. The first-order valence-electron chi connectivity index (χ1n) is 8.38. The SMILES string of the molecule is Cc1cccc(-n2ncc3ccc(NC(=O)C(NC(=O)O)C(C)O)cc32)c1. The van der Waals surface area contributed by atoms with E-state index < -0.39 is 24.1 Å². The Hall–Kier alpha value is -3.39. The second-order valence-electron chi connectivity index (χ2n) is 6.33. The van der Waals surface area contributed by atoms with Gasteiger partial charge >= 0.3 is 6.09 Å². The van der Waals surface area contributed by atoms with Crippen molar-refractivity contribution in [1.82, 2.24) is 15.1 Å². The van der Waals surface area contributed by atoms with Crippen LogP contribution in [0.4, 0.5) is 10.5 Å². The summed E-state index contributed by atoms with van der Waals surface area (Å²) in [5.74, 6) is -0.645. The molecule has 8 nitrogen and oxygen atoms in total. The van der Waals surface area contributed by atoms with Crippen LogP contribution in [0.15, 0.2) is 48.7 Å². The van der Waals surface area contributed by atoms with E-state index in [1.165, 1.54) is 6.92 Å². The van der Waals surface area contributed by atoms with E-state index in [4.69, 9.17) is 5.11 Å². The molecule has 0 saturated carbocycles. The summed E-state index contributed by atoms with van der Waals surface area (Å²) >= 11 is 0. The molecule has 0 aliphatic heterocycles. The molecule has 2 atom stereocenters. The van der Waals surface area contributed by atoms with Crippen molar-refractivity contribution in [2.45, 2.75) is 26.0 Å². The average molecular weight is 368 g/mol. The zero-order valence-corrected chi connectivity index (χ0v) is 14.9. The molecule has 0 fully saturated rings. The molecule has 0 saturated heterocycles. The quantitative estimate of drug-likeness (QED) is 0.551. The molecule has 140 valence electrons. The second kappa shape index (κ2) is 7.46. The Morgan fingerprint density at radius 2 is 1.96 bits per heavy atom. The number of nitrogens with zero attached hydrogens (tertiary/aromatic N) is 2. The summed E-state index contributed by atoms with van der Waals surface area (Å²) < 4.78 is 1.76. The van der Waals surface area contributed by atoms with Crippen molar-refractivity contribution in [2.75, 3.05) is 5.32 Å². The van der Waals surface area contributed by atoms with Crippen LogP contribution < -0.4 is 10.6 Å². The van der Waals surface area contributed by atoms with Crippen LogP contribution >= 0.6 is 0 Å². The monoisotopic (exact) mass is 368 g/mol. The van der Waals surface area contributed by atoms with E-state index in [-0.39, 0.29) is 0 Å². The fourth-order valence-electron chi connectivity index (χ4n) is 2.82. The van der Waals surface area contributed by atoms with Gasteiger partial charge < -0.3 is 20.8 Å². The van der Waals surface area contributed by atoms with E-state index in [9.17, 15) is 14.7 Å². The predicted molar refractivity (Wildman–Crippen MR) is 101 cm³/mol. The third-order valence-electron chi connectivity index (χ3n) is 4.13. The van der Waals surface area contributed by atoms with Gasteiger partial charge in [-0.2, -0.15) is 5.10 Å². The Kier molecular flexibility index (Phi) is 5.09. The molecule has 0 bridgehead atoms. The number of carbonyl (C=O) groups is 2. The van der Waals surface area contributed by atoms with E-state index >= 15 is 0 Å². The standard InChI is InChI=1S/C19H20N4O4/c1-11-4-3-5-15(8-11)23-16-9-14(7-6-13(16)10-20-23)21-18(25)17(12(2)24)22-19(26)27/h3-10,12,17,22,24H,1-2H3,(H,21,25)(H,26,27). The molecular weight excluding hydrogens is 348 g/mol. The number of aliphatic hydroxyl groups is 1. The zero-order valence-electron chi connectivity index (χ0n) is 14.9. The summed E-state index contributed by atoms with van der Waals surface area (Å²) in [4.78, 5) is 23.2. The van der Waals surface area contributed by atoms with E-state index in [0.717, 1.165) is 22.2 Å². The van der Waals surface area contributed by atoms with Gasteiger partial charge in [0.15, 0.2) is 0 Å². The molecule has 2 amide bonds. The summed E-state index contributed by atoms with van der Waals surface area (Å²) in [6.07, 6.45) is -0.833. The summed E-state index contributed by atoms with van der Waals surface area (Å²) in [6.45, 7) is 3.34. The molecule has 0 aliphatic rings. The van der Waals surface area contributed by atoms with Gasteiger partial charge in [0, 0.05) is 11.1 Å². The van der Waals surface area contributed by atoms with Crippen LogP contribution in [-0.2, 0) is 4.79 Å². The highest BCUT2D eigenvalue weighted by atomic mass is 16.4. The molecule has 0 spiro atoms. The van der Waals surface area contributed by atoms with Crippen molar-refractivity contribution in [2.24, 2.45) is 0 Å². The molecule has 0 radical (unpaired) electrons. The predicted octanol–water partition coefficient (Wildman–Crippen LogP) is 2.29. The molecule has 2 unspecified atom stereocenters. The number of amides is 2. The van der Waals surface area contributed by atoms with Gasteiger partial charge in [-0.3, -0.25) is 4.79 Å². The number of hydrogen-bond donors (Lipinski definition) is 4. The summed E-state index contributed by atoms with van der Waals surface area (Å²) in [6, 6.07) is 11.8. The maximum absolute atomic E-state index is 12.3. The third-order valence-corrected chi connectivity index (χ3v) is 4.13. The highest BCUT2D eigenvalue weighted by molar-refractivity contribution is 5.98. The van der Waals surface area contributed by atoms with Crippen molar-refractivity contribution in [1.29, 1.82) is 0 Å². The van der Waals surface area contributed by atoms with E-state index in [0.29, 0.717) is 5.69 Å². The highest BCUT2D eigenvalue weighted by Crippen LogP contribution is 2.22. The number of benzene rings is 2. The first kappa shape index (κ1) is 18.4. The largest absolute Gasteiger partial charge is 0.465 e. The van der Waals surface area contributed by atoms with Crippen LogP contribution in [0.5, 0.6) is 0 Å². The van der Waals surface area contributed by atoms with Crippen molar-refractivity contribution in [3.05, 3.63) is 54.2 Å². The van der Waals surface area contributed by atoms with Crippen molar-refractivity contribution < 1.29 is 19.8 Å². The first-order valence-corrected chi connectivity index (χ1v) is 8.38. The molecule has 3 rings (SSSR count). The lowest BCUT2D eigenvalue weighted by Crippen LogP contribution is -2.49. The number of aromatic nitrogens is 2. The highest BCUT2D eigenvalue weighted by Gasteiger charge is 2.25. The second-order valence-corrected chi connectivity index (χ2v) is 6.33. The Morgan fingerprint density at radius 1 is 1.19 bits per heavy atom. The van der Waals surface area contributed by atoms with Crippen molar-refractivity contribution in [3.63, 3.8) is 0 Å². The number of rotatable bonds is 5. The first-order chi connectivity index (χ1) is 12.8. The molecule has 0 aliphatic carbocycles. The molecule has 2 aromatic carbocycles. The topological polar surface area (TPSA) is 116 Å². The van der Waals surface area contributed by atoms with E-state index in [1.807, 2.05) is 42.6 Å². The number of hydrogen-bond acceptors (Lipinski definition) is 4. The van der Waals surface area contributed by atoms with Crippen LogP contribution in [0, 0.1) is 6.92 Å². The summed E-state index contributed by atoms with van der Waals surface area (Å²) in [7, 11) is 0. The number of carbonyl (C=O) groups excluding carboxylic acids is 1. The Balaban J connectivity index is 1.91. The third kappa shape index (κ3) is 4.06. The maximum atomic E-state index is 12.3. The summed E-state index contributed by atoms with van der Waals surface area (Å²) in [5, 5.41) is 28.4. The molecule has 3 aromatic rings. The lowest BCUT2D eigenvalue weighted by molar-refractivity contribution is -0.120. The summed E-state index contributed by atoms with van der Waals surface area (Å²) in [5.41, 5.74) is 3.25. The van der Waals surface area contributed by atoms with Crippen LogP contribution in [0.2, 0.25) is 0 Å². The number of aryl methyl sites for hydroxylation is 1. The molecule has 1 heterocycles. The number of anilines is 1. The van der Waals surface area contributed by atoms with Gasteiger partial charge in [-0.1, -0.05) is 12.1 Å². The lowest BCUT2D eigenvalue weighted by atomic mass is 10.1. The maximum Gasteiger partial charge on any atom is 0.405 e. The van der Waals surface area contributed by atoms with E-state index in [2.05, 4.69) is 10.4 Å². The number of nitrogens with one attached hydrogen (secondary N) is 2. The molecule has 4 N–H and O–H groups in total. The molecular formula is C19H20N4O4. The van der Waals surface area contributed by atoms with Gasteiger partial charge in [0.25, 0.3) is 0 Å². The fraction of sp³-hybridized carbons (Fsp3) is 0.211. The van der Waals surface area contributed by atoms with Gasteiger partial charge in [-0.25, -0.2) is 9.48 Å². The smallest absolute Gasteiger partial charge is 0.405 e. The van der Waals surface area contributed by atoms with Gasteiger partial charge in [0.1, 0.15) is 6.04 Å². The number of aliphatic hydroxyl groups excluding tert-OH is 1. The van der Waals surface area contributed by atoms with E-state index in [1.54, 1.807) is 23.0 Å². The van der Waals surface area contributed by atoms with Gasteiger partial charge in [0.2, 0.25) is 5.91 Å². The Morgan fingerprint density at radius 3 is 2.63 bits per heavy atom. The van der Waals surface area contributed by atoms with Crippen molar-refractivity contribution >= 4 is 28.6 Å². The van der Waals surface area contributed by atoms with Crippen molar-refractivity contribution in [3.8, 4) is 5.69 Å². The average Bonchev–Trinajstić information content (AvgIpc) is 3.02. The molecule has 8 heteroatoms. The Labute approximate surface area is 155 Å². The van der Waals surface area contributed by atoms with Crippen LogP contribution in [-0.4, -0.2) is 44.1 Å². The van der Waals surface area contributed by atoms with Gasteiger partial charge in [-0.15, -0.1) is 0 Å². The zero-order chi connectivity index (χ0) is 19.6. The van der Waals surface area contributed by atoms with Crippen LogP contribution in [0.1, 0.15) is 12.5 Å². The van der Waals surface area contributed by atoms with Gasteiger partial charge in [0.05, 0.1) is 23.5 Å². The number of carboxylic acid groups (broad SMARTS) is 1.